The lowest BCUT2D eigenvalue weighted by Gasteiger charge is -2.14. The van der Waals surface area contributed by atoms with Gasteiger partial charge in [0.05, 0.1) is 11.1 Å². The standard InChI is InChI=1S/C18H15F3N2/c1-11-4-3-5-15(12(11)2)23-17-8-9-22-16-7-6-13(10-14(16)17)18(19,20)21/h3-10H,1-2H3,(H,22,23). The van der Waals surface area contributed by atoms with Crippen LogP contribution < -0.4 is 5.32 Å². The molecule has 0 saturated heterocycles. The molecule has 2 aromatic carbocycles. The lowest BCUT2D eigenvalue weighted by atomic mass is 10.1. The molecule has 0 aliphatic rings. The van der Waals surface area contributed by atoms with Gasteiger partial charge < -0.3 is 5.32 Å². The zero-order valence-corrected chi connectivity index (χ0v) is 12.7. The molecule has 0 spiro atoms. The summed E-state index contributed by atoms with van der Waals surface area (Å²) in [5.41, 5.74) is 3.49. The molecular weight excluding hydrogens is 301 g/mol. The fourth-order valence-electron chi connectivity index (χ4n) is 2.46. The van der Waals surface area contributed by atoms with E-state index in [9.17, 15) is 13.2 Å². The summed E-state index contributed by atoms with van der Waals surface area (Å²) in [6.07, 6.45) is -2.79. The fraction of sp³-hybridized carbons (Fsp3) is 0.167. The molecule has 0 saturated carbocycles. The Bertz CT molecular complexity index is 870. The maximum absolute atomic E-state index is 13.0. The van der Waals surface area contributed by atoms with E-state index in [-0.39, 0.29) is 0 Å². The normalized spacial score (nSPS) is 11.7. The summed E-state index contributed by atoms with van der Waals surface area (Å²) in [7, 11) is 0. The van der Waals surface area contributed by atoms with Crippen LogP contribution in [-0.4, -0.2) is 4.98 Å². The lowest BCUT2D eigenvalue weighted by molar-refractivity contribution is -0.137. The van der Waals surface area contributed by atoms with Crippen LogP contribution in [0.5, 0.6) is 0 Å². The van der Waals surface area contributed by atoms with Crippen LogP contribution in [0, 0.1) is 13.8 Å². The van der Waals surface area contributed by atoms with Crippen molar-refractivity contribution in [2.24, 2.45) is 0 Å². The first-order valence-corrected chi connectivity index (χ1v) is 7.15. The second-order valence-corrected chi connectivity index (χ2v) is 5.46. The number of pyridine rings is 1. The molecule has 3 aromatic rings. The van der Waals surface area contributed by atoms with Crippen LogP contribution in [-0.2, 0) is 6.18 Å². The Morgan fingerprint density at radius 3 is 2.48 bits per heavy atom. The van der Waals surface area contributed by atoms with Gasteiger partial charge in [-0.3, -0.25) is 4.98 Å². The van der Waals surface area contributed by atoms with Crippen LogP contribution in [0.15, 0.2) is 48.7 Å². The Labute approximate surface area is 132 Å². The van der Waals surface area contributed by atoms with Gasteiger partial charge in [0.15, 0.2) is 0 Å². The molecule has 0 radical (unpaired) electrons. The second-order valence-electron chi connectivity index (χ2n) is 5.46. The van der Waals surface area contributed by atoms with Crippen molar-refractivity contribution in [2.75, 3.05) is 5.32 Å². The number of nitrogens with zero attached hydrogens (tertiary/aromatic N) is 1. The number of halogens is 3. The average Bonchev–Trinajstić information content (AvgIpc) is 2.51. The molecule has 0 fully saturated rings. The molecule has 0 atom stereocenters. The highest BCUT2D eigenvalue weighted by atomic mass is 19.4. The minimum absolute atomic E-state index is 0.447. The summed E-state index contributed by atoms with van der Waals surface area (Å²) < 4.78 is 38.9. The zero-order valence-electron chi connectivity index (χ0n) is 12.7. The predicted molar refractivity (Wildman–Crippen MR) is 85.9 cm³/mol. The number of alkyl halides is 3. The van der Waals surface area contributed by atoms with Gasteiger partial charge in [0.25, 0.3) is 0 Å². The van der Waals surface area contributed by atoms with Crippen LogP contribution >= 0.6 is 0 Å². The minimum atomic E-state index is -4.37. The molecule has 1 N–H and O–H groups in total. The zero-order chi connectivity index (χ0) is 16.6. The quantitative estimate of drug-likeness (QED) is 0.664. The number of anilines is 2. The van der Waals surface area contributed by atoms with Crippen LogP contribution in [0.2, 0.25) is 0 Å². The lowest BCUT2D eigenvalue weighted by Crippen LogP contribution is -2.05. The molecule has 0 aliphatic heterocycles. The topological polar surface area (TPSA) is 24.9 Å². The molecule has 3 rings (SSSR count). The summed E-state index contributed by atoms with van der Waals surface area (Å²) in [6, 6.07) is 11.1. The highest BCUT2D eigenvalue weighted by molar-refractivity contribution is 5.93. The van der Waals surface area contributed by atoms with Crippen molar-refractivity contribution in [3.05, 3.63) is 65.4 Å². The number of hydrogen-bond donors (Lipinski definition) is 1. The molecule has 118 valence electrons. The molecule has 23 heavy (non-hydrogen) atoms. The largest absolute Gasteiger partial charge is 0.416 e. The van der Waals surface area contributed by atoms with Gasteiger partial charge in [-0.1, -0.05) is 12.1 Å². The Morgan fingerprint density at radius 1 is 0.957 bits per heavy atom. The van der Waals surface area contributed by atoms with Gasteiger partial charge in [-0.05, 0) is 55.3 Å². The molecule has 1 aromatic heterocycles. The van der Waals surface area contributed by atoms with E-state index in [0.717, 1.165) is 28.9 Å². The van der Waals surface area contributed by atoms with E-state index >= 15 is 0 Å². The van der Waals surface area contributed by atoms with Gasteiger partial charge >= 0.3 is 6.18 Å². The summed E-state index contributed by atoms with van der Waals surface area (Å²) in [5.74, 6) is 0. The van der Waals surface area contributed by atoms with Gasteiger partial charge in [0, 0.05) is 23.0 Å². The third-order valence-electron chi connectivity index (χ3n) is 3.94. The molecule has 0 amide bonds. The minimum Gasteiger partial charge on any atom is -0.355 e. The van der Waals surface area contributed by atoms with E-state index in [0.29, 0.717) is 16.6 Å². The maximum atomic E-state index is 13.0. The number of rotatable bonds is 2. The number of hydrogen-bond acceptors (Lipinski definition) is 2. The van der Waals surface area contributed by atoms with Crippen molar-refractivity contribution >= 4 is 22.3 Å². The van der Waals surface area contributed by atoms with Gasteiger partial charge in [-0.15, -0.1) is 0 Å². The van der Waals surface area contributed by atoms with Gasteiger partial charge in [-0.2, -0.15) is 13.2 Å². The summed E-state index contributed by atoms with van der Waals surface area (Å²) in [4.78, 5) is 4.14. The fourth-order valence-corrected chi connectivity index (χ4v) is 2.46. The Hall–Kier alpha value is -2.56. The Kier molecular flexibility index (Phi) is 3.72. The van der Waals surface area contributed by atoms with Crippen molar-refractivity contribution in [3.63, 3.8) is 0 Å². The van der Waals surface area contributed by atoms with E-state index in [2.05, 4.69) is 10.3 Å². The Morgan fingerprint density at radius 2 is 1.74 bits per heavy atom. The molecule has 0 unspecified atom stereocenters. The number of fused-ring (bicyclic) bond motifs is 1. The Balaban J connectivity index is 2.12. The predicted octanol–water partition coefficient (Wildman–Crippen LogP) is 5.61. The smallest absolute Gasteiger partial charge is 0.355 e. The number of aryl methyl sites for hydroxylation is 1. The third kappa shape index (κ3) is 2.99. The molecule has 5 heteroatoms. The van der Waals surface area contributed by atoms with E-state index in [1.54, 1.807) is 12.3 Å². The monoisotopic (exact) mass is 316 g/mol. The molecule has 2 nitrogen and oxygen atoms in total. The third-order valence-corrected chi connectivity index (χ3v) is 3.94. The van der Waals surface area contributed by atoms with Crippen molar-refractivity contribution in [1.82, 2.24) is 4.98 Å². The van der Waals surface area contributed by atoms with E-state index in [4.69, 9.17) is 0 Å². The average molecular weight is 316 g/mol. The van der Waals surface area contributed by atoms with Crippen molar-refractivity contribution < 1.29 is 13.2 Å². The SMILES string of the molecule is Cc1cccc(Nc2ccnc3ccc(C(F)(F)F)cc23)c1C. The molecule has 1 heterocycles. The molecule has 0 aliphatic carbocycles. The highest BCUT2D eigenvalue weighted by Gasteiger charge is 2.30. The number of benzene rings is 2. The van der Waals surface area contributed by atoms with E-state index < -0.39 is 11.7 Å². The van der Waals surface area contributed by atoms with Crippen LogP contribution in [0.25, 0.3) is 10.9 Å². The molecule has 0 bridgehead atoms. The summed E-state index contributed by atoms with van der Waals surface area (Å²) in [6.45, 7) is 3.97. The van der Waals surface area contributed by atoms with Gasteiger partial charge in [0.2, 0.25) is 0 Å². The van der Waals surface area contributed by atoms with Crippen LogP contribution in [0.3, 0.4) is 0 Å². The van der Waals surface area contributed by atoms with Gasteiger partial charge in [0.1, 0.15) is 0 Å². The second kappa shape index (κ2) is 5.57. The number of aromatic nitrogens is 1. The number of nitrogens with one attached hydrogen (secondary N) is 1. The van der Waals surface area contributed by atoms with E-state index in [1.807, 2.05) is 32.0 Å². The van der Waals surface area contributed by atoms with Crippen molar-refractivity contribution in [2.45, 2.75) is 20.0 Å². The summed E-state index contributed by atoms with van der Waals surface area (Å²) in [5, 5.41) is 3.67. The van der Waals surface area contributed by atoms with Gasteiger partial charge in [-0.25, -0.2) is 0 Å². The maximum Gasteiger partial charge on any atom is 0.416 e. The van der Waals surface area contributed by atoms with Crippen molar-refractivity contribution in [1.29, 1.82) is 0 Å². The van der Waals surface area contributed by atoms with Crippen LogP contribution in [0.4, 0.5) is 24.5 Å². The molecular formula is C18H15F3N2. The first kappa shape index (κ1) is 15.3. The van der Waals surface area contributed by atoms with Crippen molar-refractivity contribution in [3.8, 4) is 0 Å². The summed E-state index contributed by atoms with van der Waals surface area (Å²) >= 11 is 0. The van der Waals surface area contributed by atoms with Crippen LogP contribution in [0.1, 0.15) is 16.7 Å². The first-order chi connectivity index (χ1) is 10.9. The van der Waals surface area contributed by atoms with E-state index in [1.165, 1.54) is 6.07 Å². The highest BCUT2D eigenvalue weighted by Crippen LogP contribution is 2.34. The first-order valence-electron chi connectivity index (χ1n) is 7.15.